The molecule has 6 heteroatoms. The number of carbonyl (C=O) groups is 1. The van der Waals surface area contributed by atoms with Crippen LogP contribution >= 0.6 is 11.8 Å². The Morgan fingerprint density at radius 2 is 2.00 bits per heavy atom. The van der Waals surface area contributed by atoms with E-state index in [1.165, 1.54) is 24.9 Å². The number of para-hydroxylation sites is 1. The van der Waals surface area contributed by atoms with Gasteiger partial charge in [0, 0.05) is 5.69 Å². The van der Waals surface area contributed by atoms with E-state index in [1.807, 2.05) is 30.3 Å². The maximum absolute atomic E-state index is 12.0. The number of amides is 1. The lowest BCUT2D eigenvalue weighted by Crippen LogP contribution is -2.04. The highest BCUT2D eigenvalue weighted by Gasteiger charge is 2.22. The average Bonchev–Trinajstić information content (AvgIpc) is 2.89. The Morgan fingerprint density at radius 1 is 1.22 bits per heavy atom. The van der Waals surface area contributed by atoms with Gasteiger partial charge in [-0.1, -0.05) is 24.3 Å². The zero-order valence-electron chi connectivity index (χ0n) is 12.3. The molecule has 2 N–H and O–H groups in total. The van der Waals surface area contributed by atoms with Gasteiger partial charge in [-0.15, -0.1) is 0 Å². The Morgan fingerprint density at radius 3 is 2.74 bits per heavy atom. The molecule has 1 amide bonds. The first-order valence-corrected chi connectivity index (χ1v) is 7.69. The highest BCUT2D eigenvalue weighted by atomic mass is 32.2. The van der Waals surface area contributed by atoms with Crippen LogP contribution in [0, 0.1) is 0 Å². The van der Waals surface area contributed by atoms with E-state index in [-0.39, 0.29) is 11.7 Å². The van der Waals surface area contributed by atoms with Crippen LogP contribution in [0.2, 0.25) is 0 Å². The van der Waals surface area contributed by atoms with Crippen LogP contribution < -0.4 is 10.1 Å². The van der Waals surface area contributed by atoms with Crippen molar-refractivity contribution in [1.82, 2.24) is 0 Å². The molecule has 0 radical (unpaired) electrons. The molecule has 5 nitrogen and oxygen atoms in total. The van der Waals surface area contributed by atoms with E-state index in [0.29, 0.717) is 15.8 Å². The third-order valence-corrected chi connectivity index (χ3v) is 4.05. The molecule has 116 valence electrons. The van der Waals surface area contributed by atoms with E-state index in [9.17, 15) is 9.90 Å². The van der Waals surface area contributed by atoms with Crippen molar-refractivity contribution in [3.8, 4) is 11.5 Å². The molecule has 0 aliphatic carbocycles. The van der Waals surface area contributed by atoms with Crippen LogP contribution in [0.25, 0.3) is 6.08 Å². The second-order valence-corrected chi connectivity index (χ2v) is 5.79. The summed E-state index contributed by atoms with van der Waals surface area (Å²) in [4.78, 5) is 16.5. The van der Waals surface area contributed by atoms with Gasteiger partial charge in [0.25, 0.3) is 5.91 Å². The Hall–Kier alpha value is -2.73. The fourth-order valence-electron chi connectivity index (χ4n) is 2.04. The molecule has 0 fully saturated rings. The molecule has 0 spiro atoms. The monoisotopic (exact) mass is 326 g/mol. The van der Waals surface area contributed by atoms with Crippen LogP contribution in [-0.2, 0) is 4.79 Å². The number of hydrogen-bond donors (Lipinski definition) is 2. The fraction of sp³-hybridized carbons (Fsp3) is 0.0588. The number of benzene rings is 2. The normalized spacial score (nSPS) is 15.6. The maximum Gasteiger partial charge on any atom is 0.286 e. The summed E-state index contributed by atoms with van der Waals surface area (Å²) in [6, 6.07) is 14.4. The summed E-state index contributed by atoms with van der Waals surface area (Å²) >= 11 is 1.27. The molecular weight excluding hydrogens is 312 g/mol. The number of phenols is 1. The SMILES string of the molecule is COc1cc(/C=C2\SC(Nc3ccccc3)=NC2=O)ccc1O. The van der Waals surface area contributed by atoms with Crippen LogP contribution in [0.4, 0.5) is 5.69 Å². The molecule has 1 aliphatic rings. The van der Waals surface area contributed by atoms with Gasteiger partial charge in [0.1, 0.15) is 0 Å². The second kappa shape index (κ2) is 6.58. The highest BCUT2D eigenvalue weighted by Crippen LogP contribution is 2.32. The number of hydrogen-bond acceptors (Lipinski definition) is 5. The quantitative estimate of drug-likeness (QED) is 0.845. The molecule has 0 aromatic heterocycles. The molecule has 0 unspecified atom stereocenters. The standard InChI is InChI=1S/C17H14N2O3S/c1-22-14-9-11(7-8-13(14)20)10-15-16(21)19-17(23-15)18-12-5-3-2-4-6-12/h2-10,20H,1H3,(H,18,19,21)/b15-10-. The minimum atomic E-state index is -0.291. The maximum atomic E-state index is 12.0. The molecule has 0 saturated carbocycles. The number of phenolic OH excluding ortho intramolecular Hbond substituents is 1. The number of rotatable bonds is 3. The lowest BCUT2D eigenvalue weighted by atomic mass is 10.2. The van der Waals surface area contributed by atoms with Gasteiger partial charge >= 0.3 is 0 Å². The van der Waals surface area contributed by atoms with Crippen molar-refractivity contribution in [3.05, 3.63) is 59.0 Å². The number of nitrogens with zero attached hydrogens (tertiary/aromatic N) is 1. The van der Waals surface area contributed by atoms with Gasteiger partial charge in [-0.2, -0.15) is 4.99 Å². The first-order chi connectivity index (χ1) is 11.2. The van der Waals surface area contributed by atoms with Crippen LogP contribution in [0.1, 0.15) is 5.56 Å². The number of amidine groups is 1. The molecule has 0 saturated heterocycles. The molecule has 1 heterocycles. The molecule has 1 aliphatic heterocycles. The Balaban J connectivity index is 1.77. The number of methoxy groups -OCH3 is 1. The van der Waals surface area contributed by atoms with E-state index in [0.717, 1.165) is 11.3 Å². The molecule has 23 heavy (non-hydrogen) atoms. The van der Waals surface area contributed by atoms with Gasteiger partial charge in [-0.25, -0.2) is 0 Å². The van der Waals surface area contributed by atoms with Crippen molar-refractivity contribution in [2.75, 3.05) is 12.4 Å². The molecule has 3 rings (SSSR count). The van der Waals surface area contributed by atoms with E-state index >= 15 is 0 Å². The van der Waals surface area contributed by atoms with E-state index in [2.05, 4.69) is 10.3 Å². The number of aromatic hydroxyl groups is 1. The predicted molar refractivity (Wildman–Crippen MR) is 92.7 cm³/mol. The largest absolute Gasteiger partial charge is 0.504 e. The summed E-state index contributed by atoms with van der Waals surface area (Å²) in [5.74, 6) is 0.126. The number of thioether (sulfide) groups is 1. The zero-order chi connectivity index (χ0) is 16.2. The van der Waals surface area contributed by atoms with Crippen molar-refractivity contribution in [3.63, 3.8) is 0 Å². The van der Waals surface area contributed by atoms with Crippen molar-refractivity contribution in [1.29, 1.82) is 0 Å². The minimum Gasteiger partial charge on any atom is -0.504 e. The van der Waals surface area contributed by atoms with Gasteiger partial charge in [0.2, 0.25) is 0 Å². The van der Waals surface area contributed by atoms with E-state index in [1.54, 1.807) is 18.2 Å². The number of anilines is 1. The number of ether oxygens (including phenoxy) is 1. The molecule has 2 aromatic rings. The summed E-state index contributed by atoms with van der Waals surface area (Å²) in [5, 5.41) is 13.2. The Labute approximate surface area is 137 Å². The van der Waals surface area contributed by atoms with Gasteiger partial charge in [0.15, 0.2) is 16.7 Å². The van der Waals surface area contributed by atoms with Gasteiger partial charge in [-0.3, -0.25) is 4.79 Å². The van der Waals surface area contributed by atoms with Crippen molar-refractivity contribution in [2.24, 2.45) is 4.99 Å². The highest BCUT2D eigenvalue weighted by molar-refractivity contribution is 8.18. The second-order valence-electron chi connectivity index (χ2n) is 4.76. The van der Waals surface area contributed by atoms with Gasteiger partial charge in [0.05, 0.1) is 12.0 Å². The van der Waals surface area contributed by atoms with E-state index in [4.69, 9.17) is 4.74 Å². The van der Waals surface area contributed by atoms with Crippen LogP contribution in [0.5, 0.6) is 11.5 Å². The van der Waals surface area contributed by atoms with Crippen molar-refractivity contribution < 1.29 is 14.6 Å². The average molecular weight is 326 g/mol. The lowest BCUT2D eigenvalue weighted by molar-refractivity contribution is -0.113. The van der Waals surface area contributed by atoms with Gasteiger partial charge in [-0.05, 0) is 47.7 Å². The minimum absolute atomic E-state index is 0.0581. The summed E-state index contributed by atoms with van der Waals surface area (Å²) < 4.78 is 5.07. The Bertz CT molecular complexity index is 801. The Kier molecular flexibility index (Phi) is 4.34. The van der Waals surface area contributed by atoms with Crippen LogP contribution in [0.3, 0.4) is 0 Å². The van der Waals surface area contributed by atoms with Crippen LogP contribution in [-0.4, -0.2) is 23.3 Å². The summed E-state index contributed by atoms with van der Waals surface area (Å²) in [5.41, 5.74) is 1.63. The van der Waals surface area contributed by atoms with Crippen LogP contribution in [0.15, 0.2) is 58.4 Å². The first kappa shape index (κ1) is 15.2. The molecule has 0 bridgehead atoms. The topological polar surface area (TPSA) is 70.9 Å². The third-order valence-electron chi connectivity index (χ3n) is 3.15. The number of carbonyl (C=O) groups excluding carboxylic acids is 1. The van der Waals surface area contributed by atoms with E-state index < -0.39 is 0 Å². The van der Waals surface area contributed by atoms with Crippen molar-refractivity contribution in [2.45, 2.75) is 0 Å². The summed E-state index contributed by atoms with van der Waals surface area (Å²) in [6.45, 7) is 0. The lowest BCUT2D eigenvalue weighted by Gasteiger charge is -2.05. The molecule has 0 atom stereocenters. The predicted octanol–water partition coefficient (Wildman–Crippen LogP) is 3.48. The smallest absolute Gasteiger partial charge is 0.286 e. The summed E-state index contributed by atoms with van der Waals surface area (Å²) in [6.07, 6.45) is 1.72. The van der Waals surface area contributed by atoms with Crippen molar-refractivity contribution >= 4 is 34.6 Å². The number of aliphatic imine (C=N–C) groups is 1. The zero-order valence-corrected chi connectivity index (χ0v) is 13.1. The summed E-state index contributed by atoms with van der Waals surface area (Å²) in [7, 11) is 1.48. The molecular formula is C17H14N2O3S. The van der Waals surface area contributed by atoms with Gasteiger partial charge < -0.3 is 15.2 Å². The third kappa shape index (κ3) is 3.54. The molecule has 2 aromatic carbocycles. The fourth-order valence-corrected chi connectivity index (χ4v) is 2.88. The number of nitrogens with one attached hydrogen (secondary N) is 1. The first-order valence-electron chi connectivity index (χ1n) is 6.87.